The van der Waals surface area contributed by atoms with Gasteiger partial charge < -0.3 is 0 Å². The van der Waals surface area contributed by atoms with Crippen LogP contribution in [0.1, 0.15) is 70.5 Å². The maximum atomic E-state index is 4.87. The Morgan fingerprint density at radius 1 is 1.29 bits per heavy atom. The Balaban J connectivity index is 1.98. The van der Waals surface area contributed by atoms with E-state index in [1.807, 2.05) is 0 Å². The first-order valence-corrected chi connectivity index (χ1v) is 9.74. The number of hydrogen-bond donors (Lipinski definition) is 0. The van der Waals surface area contributed by atoms with Crippen molar-refractivity contribution in [3.63, 3.8) is 0 Å². The Bertz CT molecular complexity index is 394. The molecule has 1 saturated carbocycles. The molecule has 0 N–H and O–H groups in total. The van der Waals surface area contributed by atoms with Gasteiger partial charge >= 0.3 is 0 Å². The van der Waals surface area contributed by atoms with Gasteiger partial charge in [0.05, 0.1) is 11.7 Å². The summed E-state index contributed by atoms with van der Waals surface area (Å²) >= 11 is 3.59. The molecule has 1 aliphatic carbocycles. The summed E-state index contributed by atoms with van der Waals surface area (Å²) in [6, 6.07) is 3.53. The fourth-order valence-electron chi connectivity index (χ4n) is 3.52. The largest absolute Gasteiger partial charge is 0.294 e. The lowest BCUT2D eigenvalue weighted by Crippen LogP contribution is -2.35. The van der Waals surface area contributed by atoms with Crippen molar-refractivity contribution in [3.8, 4) is 0 Å². The van der Waals surface area contributed by atoms with E-state index in [1.54, 1.807) is 0 Å². The van der Waals surface area contributed by atoms with Crippen LogP contribution in [0.25, 0.3) is 0 Å². The van der Waals surface area contributed by atoms with Gasteiger partial charge in [-0.25, -0.2) is 0 Å². The first kappa shape index (κ1) is 17.0. The maximum Gasteiger partial charge on any atom is 0.0765 e. The number of alkyl halides is 1. The topological polar surface area (TPSA) is 21.1 Å². The highest BCUT2D eigenvalue weighted by Gasteiger charge is 2.18. The van der Waals surface area contributed by atoms with Gasteiger partial charge in [-0.15, -0.1) is 0 Å². The second-order valence-corrected chi connectivity index (χ2v) is 7.00. The fourth-order valence-corrected chi connectivity index (χ4v) is 3.98. The quantitative estimate of drug-likeness (QED) is 0.626. The first-order valence-electron chi connectivity index (χ1n) is 8.62. The highest BCUT2D eigenvalue weighted by atomic mass is 79.9. The molecule has 1 aliphatic rings. The highest BCUT2D eigenvalue weighted by molar-refractivity contribution is 9.09. The van der Waals surface area contributed by atoms with E-state index >= 15 is 0 Å². The highest BCUT2D eigenvalue weighted by Crippen LogP contribution is 2.27. The average Bonchev–Trinajstić information content (AvgIpc) is 2.98. The minimum absolute atomic E-state index is 0.644. The molecule has 0 radical (unpaired) electrons. The summed E-state index contributed by atoms with van der Waals surface area (Å²) in [5.41, 5.74) is 1.23. The molecule has 21 heavy (non-hydrogen) atoms. The third-order valence-corrected chi connectivity index (χ3v) is 5.16. The standard InChI is InChI=1S/C17H30BrN3/c1-3-16(4-2)20(13-11-18)14-15-10-12-21(19-15)17-8-6-5-7-9-17/h10,12,16-17H,3-9,11,13-14H2,1-2H3. The number of hydrogen-bond acceptors (Lipinski definition) is 2. The Hall–Kier alpha value is -0.350. The molecule has 0 amide bonds. The van der Waals surface area contributed by atoms with Gasteiger partial charge in [-0.2, -0.15) is 5.10 Å². The molecule has 0 bridgehead atoms. The smallest absolute Gasteiger partial charge is 0.0765 e. The van der Waals surface area contributed by atoms with Crippen molar-refractivity contribution < 1.29 is 0 Å². The van der Waals surface area contributed by atoms with Gasteiger partial charge in [0, 0.05) is 30.7 Å². The normalized spacial score (nSPS) is 17.0. The molecule has 0 aromatic carbocycles. The van der Waals surface area contributed by atoms with Crippen molar-refractivity contribution in [1.82, 2.24) is 14.7 Å². The van der Waals surface area contributed by atoms with Gasteiger partial charge in [0.15, 0.2) is 0 Å². The van der Waals surface area contributed by atoms with Crippen molar-refractivity contribution in [2.24, 2.45) is 0 Å². The molecule has 120 valence electrons. The number of halogens is 1. The molecular formula is C17H30BrN3. The van der Waals surface area contributed by atoms with Crippen LogP contribution >= 0.6 is 15.9 Å². The van der Waals surface area contributed by atoms with Crippen molar-refractivity contribution >= 4 is 15.9 Å². The Morgan fingerprint density at radius 2 is 2.00 bits per heavy atom. The predicted octanol–water partition coefficient (Wildman–Crippen LogP) is 4.77. The summed E-state index contributed by atoms with van der Waals surface area (Å²) in [5, 5.41) is 5.90. The van der Waals surface area contributed by atoms with E-state index in [4.69, 9.17) is 5.10 Å². The summed E-state index contributed by atoms with van der Waals surface area (Å²) in [7, 11) is 0. The summed E-state index contributed by atoms with van der Waals surface area (Å²) in [6.07, 6.45) is 11.4. The van der Waals surface area contributed by atoms with Crippen molar-refractivity contribution in [2.75, 3.05) is 11.9 Å². The third-order valence-electron chi connectivity index (χ3n) is 4.81. The van der Waals surface area contributed by atoms with Crippen LogP contribution in [-0.4, -0.2) is 32.6 Å². The summed E-state index contributed by atoms with van der Waals surface area (Å²) in [4.78, 5) is 2.57. The Kier molecular flexibility index (Phi) is 7.24. The van der Waals surface area contributed by atoms with Crippen LogP contribution in [0.5, 0.6) is 0 Å². The minimum Gasteiger partial charge on any atom is -0.294 e. The van der Waals surface area contributed by atoms with Crippen LogP contribution < -0.4 is 0 Å². The second-order valence-electron chi connectivity index (χ2n) is 6.21. The Labute approximate surface area is 138 Å². The molecule has 0 atom stereocenters. The van der Waals surface area contributed by atoms with Gasteiger partial charge in [-0.05, 0) is 31.7 Å². The molecule has 4 heteroatoms. The molecule has 0 saturated heterocycles. The molecule has 0 spiro atoms. The van der Waals surface area contributed by atoms with Crippen molar-refractivity contribution in [2.45, 2.75) is 77.4 Å². The van der Waals surface area contributed by atoms with Gasteiger partial charge in [0.1, 0.15) is 0 Å². The van der Waals surface area contributed by atoms with Crippen LogP contribution in [0, 0.1) is 0 Å². The van der Waals surface area contributed by atoms with Gasteiger partial charge in [0.2, 0.25) is 0 Å². The third kappa shape index (κ3) is 4.82. The van der Waals surface area contributed by atoms with Crippen LogP contribution in [0.4, 0.5) is 0 Å². The summed E-state index contributed by atoms with van der Waals surface area (Å²) in [6.45, 7) is 6.66. The van der Waals surface area contributed by atoms with E-state index in [2.05, 4.69) is 51.6 Å². The molecule has 2 rings (SSSR count). The lowest BCUT2D eigenvalue weighted by Gasteiger charge is -2.29. The predicted molar refractivity (Wildman–Crippen MR) is 92.9 cm³/mol. The zero-order valence-corrected chi connectivity index (χ0v) is 15.2. The van der Waals surface area contributed by atoms with E-state index in [1.165, 1.54) is 50.6 Å². The SMILES string of the molecule is CCC(CC)N(CCBr)Cc1ccn(C2CCCCC2)n1. The average molecular weight is 356 g/mol. The van der Waals surface area contributed by atoms with Crippen molar-refractivity contribution in [3.05, 3.63) is 18.0 Å². The molecule has 1 heterocycles. The lowest BCUT2D eigenvalue weighted by molar-refractivity contribution is 0.186. The van der Waals surface area contributed by atoms with Crippen molar-refractivity contribution in [1.29, 1.82) is 0 Å². The molecule has 1 aromatic rings. The number of nitrogens with zero attached hydrogens (tertiary/aromatic N) is 3. The van der Waals surface area contributed by atoms with E-state index in [9.17, 15) is 0 Å². The van der Waals surface area contributed by atoms with Crippen LogP contribution in [0.2, 0.25) is 0 Å². The van der Waals surface area contributed by atoms with Crippen LogP contribution in [-0.2, 0) is 6.54 Å². The zero-order valence-electron chi connectivity index (χ0n) is 13.6. The van der Waals surface area contributed by atoms with E-state index in [-0.39, 0.29) is 0 Å². The second kappa shape index (κ2) is 8.94. The zero-order chi connectivity index (χ0) is 15.1. The molecule has 1 fully saturated rings. The lowest BCUT2D eigenvalue weighted by atomic mass is 9.96. The van der Waals surface area contributed by atoms with Gasteiger partial charge in [-0.3, -0.25) is 9.58 Å². The maximum absolute atomic E-state index is 4.87. The molecule has 1 aromatic heterocycles. The molecule has 0 aliphatic heterocycles. The first-order chi connectivity index (χ1) is 10.3. The van der Waals surface area contributed by atoms with E-state index < -0.39 is 0 Å². The van der Waals surface area contributed by atoms with Crippen LogP contribution in [0.15, 0.2) is 12.3 Å². The van der Waals surface area contributed by atoms with E-state index in [0.29, 0.717) is 12.1 Å². The monoisotopic (exact) mass is 355 g/mol. The fraction of sp³-hybridized carbons (Fsp3) is 0.824. The molecule has 0 unspecified atom stereocenters. The molecule has 3 nitrogen and oxygen atoms in total. The number of aromatic nitrogens is 2. The van der Waals surface area contributed by atoms with E-state index in [0.717, 1.165) is 18.4 Å². The summed E-state index contributed by atoms with van der Waals surface area (Å²) in [5.74, 6) is 0. The van der Waals surface area contributed by atoms with Crippen LogP contribution in [0.3, 0.4) is 0 Å². The Morgan fingerprint density at radius 3 is 2.62 bits per heavy atom. The van der Waals surface area contributed by atoms with Gasteiger partial charge in [-0.1, -0.05) is 49.0 Å². The van der Waals surface area contributed by atoms with Gasteiger partial charge in [0.25, 0.3) is 0 Å². The summed E-state index contributed by atoms with van der Waals surface area (Å²) < 4.78 is 2.23. The minimum atomic E-state index is 0.644. The molecular weight excluding hydrogens is 326 g/mol. The number of rotatable bonds is 8.